The van der Waals surface area contributed by atoms with Crippen LogP contribution in [-0.4, -0.2) is 21.8 Å². The Labute approximate surface area is 185 Å². The maximum atomic E-state index is 14.8. The lowest BCUT2D eigenvalue weighted by molar-refractivity contribution is 0.0792. The van der Waals surface area contributed by atoms with Crippen molar-refractivity contribution < 1.29 is 14.2 Å². The van der Waals surface area contributed by atoms with E-state index in [-0.39, 0.29) is 12.0 Å². The predicted octanol–water partition coefficient (Wildman–Crippen LogP) is 4.80. The summed E-state index contributed by atoms with van der Waals surface area (Å²) in [6, 6.07) is 21.5. The first-order valence-corrected chi connectivity index (χ1v) is 10.2. The second-order valence-electron chi connectivity index (χ2n) is 7.92. The molecule has 0 aliphatic carbocycles. The molecule has 5 nitrogen and oxygen atoms in total. The molecule has 6 heteroatoms. The molecule has 1 aliphatic rings. The molecule has 5 rings (SSSR count). The van der Waals surface area contributed by atoms with Crippen LogP contribution in [0.1, 0.15) is 34.8 Å². The molecular weight excluding hydrogens is 405 g/mol. The molecule has 1 aliphatic heterocycles. The number of halogens is 1. The van der Waals surface area contributed by atoms with Gasteiger partial charge in [0, 0.05) is 12.0 Å². The summed E-state index contributed by atoms with van der Waals surface area (Å²) in [4.78, 5) is 4.20. The zero-order valence-corrected chi connectivity index (χ0v) is 17.4. The Bertz CT molecular complexity index is 1320. The van der Waals surface area contributed by atoms with Crippen LogP contribution in [0.25, 0.3) is 11.1 Å². The van der Waals surface area contributed by atoms with Crippen molar-refractivity contribution in [3.63, 3.8) is 0 Å². The Morgan fingerprint density at radius 1 is 1.09 bits per heavy atom. The van der Waals surface area contributed by atoms with Gasteiger partial charge in [-0.3, -0.25) is 0 Å². The number of aliphatic hydroxyl groups is 1. The highest BCUT2D eigenvalue weighted by molar-refractivity contribution is 5.65. The van der Waals surface area contributed by atoms with Gasteiger partial charge in [-0.25, -0.2) is 9.37 Å². The fraction of sp³-hybridized carbons (Fsp3) is 0.154. The topological polar surface area (TPSA) is 71.1 Å². The standard InChI is InChI=1S/C26H20FN3O2/c1-32-21-9-5-19(6-10-21)18-3-7-20(8-4-18)26(31)13-24(30-16-29-15-25(26)30)22-11-2-17(14-28)12-23(22)27/h2-12,15-16,24,31H,13H2,1H3. The fourth-order valence-corrected chi connectivity index (χ4v) is 4.47. The van der Waals surface area contributed by atoms with Crippen molar-refractivity contribution in [1.29, 1.82) is 5.26 Å². The van der Waals surface area contributed by atoms with Crippen LogP contribution in [0.4, 0.5) is 4.39 Å². The Kier molecular flexibility index (Phi) is 4.76. The lowest BCUT2D eigenvalue weighted by Gasteiger charge is -2.23. The van der Waals surface area contributed by atoms with E-state index in [9.17, 15) is 9.50 Å². The summed E-state index contributed by atoms with van der Waals surface area (Å²) < 4.78 is 21.8. The van der Waals surface area contributed by atoms with Gasteiger partial charge in [-0.05, 0) is 41.0 Å². The number of hydrogen-bond acceptors (Lipinski definition) is 4. The molecule has 2 heterocycles. The summed E-state index contributed by atoms with van der Waals surface area (Å²) in [5.74, 6) is 0.327. The van der Waals surface area contributed by atoms with Gasteiger partial charge >= 0.3 is 0 Å². The SMILES string of the molecule is COc1ccc(-c2ccc(C3(O)CC(c4ccc(C#N)cc4F)n4cncc43)cc2)cc1. The van der Waals surface area contributed by atoms with E-state index in [2.05, 4.69) is 4.98 Å². The Morgan fingerprint density at radius 3 is 2.41 bits per heavy atom. The van der Waals surface area contributed by atoms with E-state index in [1.165, 1.54) is 6.07 Å². The molecule has 0 saturated carbocycles. The average Bonchev–Trinajstić information content (AvgIpc) is 3.43. The largest absolute Gasteiger partial charge is 0.497 e. The quantitative estimate of drug-likeness (QED) is 0.510. The van der Waals surface area contributed by atoms with Crippen molar-refractivity contribution in [2.45, 2.75) is 18.1 Å². The van der Waals surface area contributed by atoms with Crippen LogP contribution in [0.2, 0.25) is 0 Å². The molecule has 3 aromatic carbocycles. The van der Waals surface area contributed by atoms with E-state index < -0.39 is 17.5 Å². The Morgan fingerprint density at radius 2 is 1.78 bits per heavy atom. The second kappa shape index (κ2) is 7.63. The Hall–Kier alpha value is -3.95. The number of methoxy groups -OCH3 is 1. The first-order valence-electron chi connectivity index (χ1n) is 10.2. The molecule has 0 spiro atoms. The van der Waals surface area contributed by atoms with Crippen LogP contribution in [0, 0.1) is 17.1 Å². The number of fused-ring (bicyclic) bond motifs is 1. The van der Waals surface area contributed by atoms with E-state index in [1.807, 2.05) is 59.2 Å². The van der Waals surface area contributed by atoms with Gasteiger partial charge in [0.05, 0.1) is 43.0 Å². The van der Waals surface area contributed by atoms with Crippen molar-refractivity contribution in [3.05, 3.63) is 107 Å². The molecule has 1 aromatic heterocycles. The van der Waals surface area contributed by atoms with E-state index in [0.717, 1.165) is 16.9 Å². The molecule has 0 bridgehead atoms. The zero-order valence-electron chi connectivity index (χ0n) is 17.4. The van der Waals surface area contributed by atoms with Gasteiger partial charge < -0.3 is 14.4 Å². The van der Waals surface area contributed by atoms with E-state index in [1.54, 1.807) is 31.8 Å². The predicted molar refractivity (Wildman–Crippen MR) is 118 cm³/mol. The number of nitriles is 1. The van der Waals surface area contributed by atoms with Crippen LogP contribution < -0.4 is 4.74 Å². The van der Waals surface area contributed by atoms with E-state index in [0.29, 0.717) is 16.8 Å². The number of ether oxygens (including phenoxy) is 1. The number of imidazole rings is 1. The number of hydrogen-bond donors (Lipinski definition) is 1. The van der Waals surface area contributed by atoms with Crippen LogP contribution in [0.5, 0.6) is 5.75 Å². The van der Waals surface area contributed by atoms with Gasteiger partial charge in [0.25, 0.3) is 0 Å². The van der Waals surface area contributed by atoms with Crippen LogP contribution in [0.15, 0.2) is 79.3 Å². The molecule has 0 amide bonds. The third-order valence-electron chi connectivity index (χ3n) is 6.19. The molecule has 1 N–H and O–H groups in total. The van der Waals surface area contributed by atoms with Crippen molar-refractivity contribution in [1.82, 2.24) is 9.55 Å². The summed E-state index contributed by atoms with van der Waals surface area (Å²) in [5, 5.41) is 20.7. The van der Waals surface area contributed by atoms with Crippen molar-refractivity contribution in [2.75, 3.05) is 7.11 Å². The normalized spacial score (nSPS) is 19.4. The first-order chi connectivity index (χ1) is 15.5. The van der Waals surface area contributed by atoms with Gasteiger partial charge in [-0.1, -0.05) is 42.5 Å². The van der Waals surface area contributed by atoms with Crippen LogP contribution >= 0.6 is 0 Å². The molecule has 158 valence electrons. The molecule has 0 radical (unpaired) electrons. The number of rotatable bonds is 4. The highest BCUT2D eigenvalue weighted by Crippen LogP contribution is 2.47. The van der Waals surface area contributed by atoms with Crippen molar-refractivity contribution in [3.8, 4) is 22.9 Å². The summed E-state index contributed by atoms with van der Waals surface area (Å²) in [5.41, 5.74) is 2.77. The minimum Gasteiger partial charge on any atom is -0.497 e. The number of nitrogens with zero attached hydrogens (tertiary/aromatic N) is 3. The van der Waals surface area contributed by atoms with Gasteiger partial charge in [0.2, 0.25) is 0 Å². The lowest BCUT2D eigenvalue weighted by atomic mass is 9.86. The smallest absolute Gasteiger partial charge is 0.133 e. The maximum absolute atomic E-state index is 14.8. The van der Waals surface area contributed by atoms with Gasteiger partial charge in [0.15, 0.2) is 0 Å². The first kappa shape index (κ1) is 20.0. The number of aromatic nitrogens is 2. The Balaban J connectivity index is 1.49. The number of benzene rings is 3. The molecule has 0 fully saturated rings. The molecular formula is C26H20FN3O2. The lowest BCUT2D eigenvalue weighted by Crippen LogP contribution is -2.24. The molecule has 0 saturated heterocycles. The van der Waals surface area contributed by atoms with Crippen molar-refractivity contribution >= 4 is 0 Å². The molecule has 32 heavy (non-hydrogen) atoms. The monoisotopic (exact) mass is 425 g/mol. The third-order valence-corrected chi connectivity index (χ3v) is 6.19. The average molecular weight is 425 g/mol. The third kappa shape index (κ3) is 3.15. The highest BCUT2D eigenvalue weighted by atomic mass is 19.1. The molecule has 2 atom stereocenters. The minimum atomic E-state index is -1.31. The minimum absolute atomic E-state index is 0.263. The zero-order chi connectivity index (χ0) is 22.3. The van der Waals surface area contributed by atoms with Gasteiger partial charge in [0.1, 0.15) is 17.2 Å². The molecule has 2 unspecified atom stereocenters. The summed E-state index contributed by atoms with van der Waals surface area (Å²) in [7, 11) is 1.63. The van der Waals surface area contributed by atoms with E-state index in [4.69, 9.17) is 10.00 Å². The summed E-state index contributed by atoms with van der Waals surface area (Å²) >= 11 is 0. The second-order valence-corrected chi connectivity index (χ2v) is 7.92. The van der Waals surface area contributed by atoms with Gasteiger partial charge in [-0.2, -0.15) is 5.26 Å². The highest BCUT2D eigenvalue weighted by Gasteiger charge is 2.45. The van der Waals surface area contributed by atoms with Crippen LogP contribution in [-0.2, 0) is 5.60 Å². The fourth-order valence-electron chi connectivity index (χ4n) is 4.47. The van der Waals surface area contributed by atoms with Gasteiger partial charge in [-0.15, -0.1) is 0 Å². The van der Waals surface area contributed by atoms with E-state index >= 15 is 0 Å². The van der Waals surface area contributed by atoms with Crippen LogP contribution in [0.3, 0.4) is 0 Å². The maximum Gasteiger partial charge on any atom is 0.133 e. The van der Waals surface area contributed by atoms with Crippen molar-refractivity contribution in [2.24, 2.45) is 0 Å². The molecule has 4 aromatic rings. The summed E-state index contributed by atoms with van der Waals surface area (Å²) in [6.45, 7) is 0. The summed E-state index contributed by atoms with van der Waals surface area (Å²) in [6.07, 6.45) is 3.51.